The Morgan fingerprint density at radius 2 is 2.06 bits per heavy atom. The van der Waals surface area contributed by atoms with Crippen molar-refractivity contribution in [2.75, 3.05) is 18.1 Å². The van der Waals surface area contributed by atoms with Crippen LogP contribution in [0.5, 0.6) is 0 Å². The third kappa shape index (κ3) is 2.08. The summed E-state index contributed by atoms with van der Waals surface area (Å²) >= 11 is 0. The number of anilines is 1. The molecular formula is C12H16N2O2. The number of carbonyl (C=O) groups excluding carboxylic acids is 1. The Kier molecular flexibility index (Phi) is 3.22. The first-order chi connectivity index (χ1) is 7.72. The van der Waals surface area contributed by atoms with Crippen molar-refractivity contribution >= 4 is 11.6 Å². The van der Waals surface area contributed by atoms with Crippen LogP contribution in [-0.4, -0.2) is 30.2 Å². The summed E-state index contributed by atoms with van der Waals surface area (Å²) in [6.07, 6.45) is 1.37. The zero-order valence-electron chi connectivity index (χ0n) is 9.10. The fourth-order valence-electron chi connectivity index (χ4n) is 1.93. The summed E-state index contributed by atoms with van der Waals surface area (Å²) in [6, 6.07) is 7.32. The molecular weight excluding hydrogens is 204 g/mol. The summed E-state index contributed by atoms with van der Waals surface area (Å²) < 4.78 is 0. The molecule has 0 bridgehead atoms. The van der Waals surface area contributed by atoms with E-state index in [2.05, 4.69) is 0 Å². The van der Waals surface area contributed by atoms with Gasteiger partial charge in [-0.05, 0) is 30.5 Å². The molecule has 1 aliphatic heterocycles. The summed E-state index contributed by atoms with van der Waals surface area (Å²) in [4.78, 5) is 13.4. The molecule has 3 N–H and O–H groups in total. The zero-order valence-corrected chi connectivity index (χ0v) is 9.10. The zero-order chi connectivity index (χ0) is 11.5. The van der Waals surface area contributed by atoms with Gasteiger partial charge >= 0.3 is 0 Å². The van der Waals surface area contributed by atoms with Crippen molar-refractivity contribution < 1.29 is 9.90 Å². The molecule has 1 saturated heterocycles. The van der Waals surface area contributed by atoms with Gasteiger partial charge in [0.1, 0.15) is 0 Å². The minimum Gasteiger partial charge on any atom is -0.396 e. The van der Waals surface area contributed by atoms with E-state index in [1.807, 2.05) is 24.3 Å². The molecule has 1 fully saturated rings. The molecule has 4 heteroatoms. The second-order valence-corrected chi connectivity index (χ2v) is 4.03. The lowest BCUT2D eigenvalue weighted by Gasteiger charge is -2.16. The topological polar surface area (TPSA) is 66.6 Å². The molecule has 1 unspecified atom stereocenters. The quantitative estimate of drug-likeness (QED) is 0.769. The van der Waals surface area contributed by atoms with Crippen molar-refractivity contribution in [3.05, 3.63) is 29.8 Å². The van der Waals surface area contributed by atoms with Crippen molar-refractivity contribution in [1.82, 2.24) is 0 Å². The molecule has 1 amide bonds. The predicted octanol–water partition coefficient (Wildman–Crippen LogP) is 0.285. The van der Waals surface area contributed by atoms with Gasteiger partial charge in [0.2, 0.25) is 5.91 Å². The van der Waals surface area contributed by atoms with E-state index >= 15 is 0 Å². The number of aliphatic hydroxyl groups excluding tert-OH is 1. The minimum absolute atomic E-state index is 0.00471. The molecule has 0 saturated carbocycles. The first-order valence-corrected chi connectivity index (χ1v) is 5.49. The first-order valence-electron chi connectivity index (χ1n) is 5.49. The van der Waals surface area contributed by atoms with Crippen LogP contribution in [0.2, 0.25) is 0 Å². The van der Waals surface area contributed by atoms with Crippen LogP contribution in [0.4, 0.5) is 5.69 Å². The van der Waals surface area contributed by atoms with Gasteiger partial charge in [0.05, 0.1) is 6.04 Å². The molecule has 4 nitrogen and oxygen atoms in total. The maximum atomic E-state index is 11.7. The number of hydrogen-bond acceptors (Lipinski definition) is 3. The van der Waals surface area contributed by atoms with Crippen LogP contribution in [0.1, 0.15) is 12.0 Å². The molecule has 0 spiro atoms. The van der Waals surface area contributed by atoms with Gasteiger partial charge in [0.15, 0.2) is 0 Å². The van der Waals surface area contributed by atoms with Gasteiger partial charge in [-0.3, -0.25) is 4.79 Å². The van der Waals surface area contributed by atoms with Crippen LogP contribution in [0.3, 0.4) is 0 Å². The Labute approximate surface area is 94.7 Å². The highest BCUT2D eigenvalue weighted by atomic mass is 16.3. The van der Waals surface area contributed by atoms with Gasteiger partial charge in [-0.2, -0.15) is 0 Å². The third-order valence-electron chi connectivity index (χ3n) is 2.90. The van der Waals surface area contributed by atoms with Crippen molar-refractivity contribution in [1.29, 1.82) is 0 Å². The average molecular weight is 220 g/mol. The van der Waals surface area contributed by atoms with Gasteiger partial charge in [-0.15, -0.1) is 0 Å². The first kappa shape index (κ1) is 11.1. The highest BCUT2D eigenvalue weighted by Gasteiger charge is 2.29. The predicted molar refractivity (Wildman–Crippen MR) is 62.2 cm³/mol. The molecule has 1 aliphatic rings. The number of amides is 1. The van der Waals surface area contributed by atoms with Gasteiger partial charge in [0.25, 0.3) is 0 Å². The Morgan fingerprint density at radius 1 is 1.38 bits per heavy atom. The van der Waals surface area contributed by atoms with E-state index in [1.54, 1.807) is 4.90 Å². The van der Waals surface area contributed by atoms with Crippen molar-refractivity contribution in [2.45, 2.75) is 18.9 Å². The summed E-state index contributed by atoms with van der Waals surface area (Å²) in [5, 5.41) is 8.80. The lowest BCUT2D eigenvalue weighted by Crippen LogP contribution is -2.33. The molecule has 86 valence electrons. The lowest BCUT2D eigenvalue weighted by molar-refractivity contribution is -0.118. The maximum Gasteiger partial charge on any atom is 0.243 e. The van der Waals surface area contributed by atoms with Crippen LogP contribution >= 0.6 is 0 Å². The molecule has 0 aromatic heterocycles. The monoisotopic (exact) mass is 220 g/mol. The fraction of sp³-hybridized carbons (Fsp3) is 0.417. The van der Waals surface area contributed by atoms with E-state index < -0.39 is 0 Å². The Hall–Kier alpha value is -1.39. The molecule has 2 rings (SSSR count). The highest BCUT2D eigenvalue weighted by molar-refractivity contribution is 5.99. The smallest absolute Gasteiger partial charge is 0.243 e. The number of hydrogen-bond donors (Lipinski definition) is 2. The van der Waals surface area contributed by atoms with Crippen LogP contribution in [0.15, 0.2) is 24.3 Å². The molecule has 16 heavy (non-hydrogen) atoms. The van der Waals surface area contributed by atoms with Crippen molar-refractivity contribution in [3.63, 3.8) is 0 Å². The summed E-state index contributed by atoms with van der Waals surface area (Å²) in [5.74, 6) is -0.00471. The van der Waals surface area contributed by atoms with Gasteiger partial charge < -0.3 is 15.7 Å². The largest absolute Gasteiger partial charge is 0.396 e. The average Bonchev–Trinajstić information content (AvgIpc) is 2.62. The summed E-state index contributed by atoms with van der Waals surface area (Å²) in [5.41, 5.74) is 7.62. The number of nitrogens with zero attached hydrogens (tertiary/aromatic N) is 1. The number of carbonyl (C=O) groups is 1. The minimum atomic E-state index is -0.350. The van der Waals surface area contributed by atoms with E-state index in [1.165, 1.54) is 0 Å². The molecule has 1 aromatic carbocycles. The van der Waals surface area contributed by atoms with Crippen LogP contribution in [0, 0.1) is 0 Å². The SMILES string of the molecule is NC1CCN(c2ccc(CCO)cc2)C1=O. The van der Waals surface area contributed by atoms with Crippen molar-refractivity contribution in [3.8, 4) is 0 Å². The number of rotatable bonds is 3. The molecule has 0 aliphatic carbocycles. The lowest BCUT2D eigenvalue weighted by atomic mass is 10.1. The molecule has 1 aromatic rings. The molecule has 1 atom stereocenters. The number of benzene rings is 1. The Morgan fingerprint density at radius 3 is 2.56 bits per heavy atom. The van der Waals surface area contributed by atoms with Gasteiger partial charge in [-0.1, -0.05) is 12.1 Å². The highest BCUT2D eigenvalue weighted by Crippen LogP contribution is 2.21. The van der Waals surface area contributed by atoms with E-state index in [0.29, 0.717) is 13.0 Å². The molecule has 0 radical (unpaired) electrons. The standard InChI is InChI=1S/C12H16N2O2/c13-11-5-7-14(12(11)16)10-3-1-9(2-4-10)6-8-15/h1-4,11,15H,5-8,13H2. The summed E-state index contributed by atoms with van der Waals surface area (Å²) in [7, 11) is 0. The third-order valence-corrected chi connectivity index (χ3v) is 2.90. The van der Waals surface area contributed by atoms with Crippen LogP contribution in [-0.2, 0) is 11.2 Å². The fourth-order valence-corrected chi connectivity index (χ4v) is 1.93. The second-order valence-electron chi connectivity index (χ2n) is 4.03. The van der Waals surface area contributed by atoms with Crippen molar-refractivity contribution in [2.24, 2.45) is 5.73 Å². The molecule has 1 heterocycles. The van der Waals surface area contributed by atoms with Gasteiger partial charge in [-0.25, -0.2) is 0 Å². The maximum absolute atomic E-state index is 11.7. The normalized spacial score (nSPS) is 20.5. The van der Waals surface area contributed by atoms with E-state index in [4.69, 9.17) is 10.8 Å². The summed E-state index contributed by atoms with van der Waals surface area (Å²) in [6.45, 7) is 0.839. The number of aliphatic hydroxyl groups is 1. The van der Waals surface area contributed by atoms with E-state index in [9.17, 15) is 4.79 Å². The van der Waals surface area contributed by atoms with Crippen LogP contribution < -0.4 is 10.6 Å². The number of nitrogens with two attached hydrogens (primary N) is 1. The van der Waals surface area contributed by atoms with E-state index in [0.717, 1.165) is 17.7 Å². The van der Waals surface area contributed by atoms with E-state index in [-0.39, 0.29) is 18.6 Å². The van der Waals surface area contributed by atoms with Crippen LogP contribution in [0.25, 0.3) is 0 Å². The van der Waals surface area contributed by atoms with Gasteiger partial charge in [0, 0.05) is 18.8 Å². The Bertz CT molecular complexity index is 375. The second kappa shape index (κ2) is 4.63. The Balaban J connectivity index is 2.13.